The minimum atomic E-state index is -0.412. The second kappa shape index (κ2) is 6.55. The number of nitrogen functional groups attached to an aromatic ring is 1. The fraction of sp³-hybridized carbons (Fsp3) is 0.308. The summed E-state index contributed by atoms with van der Waals surface area (Å²) in [4.78, 5) is 11.7. The van der Waals surface area contributed by atoms with Crippen LogP contribution in [0.1, 0.15) is 17.3 Å². The van der Waals surface area contributed by atoms with Crippen LogP contribution in [0.2, 0.25) is 0 Å². The third kappa shape index (κ3) is 3.47. The maximum absolute atomic E-state index is 11.7. The molecule has 0 unspecified atom stereocenters. The number of nitrogens with one attached hydrogen (secondary N) is 1. The fourth-order valence-corrected chi connectivity index (χ4v) is 1.72. The van der Waals surface area contributed by atoms with E-state index in [2.05, 4.69) is 15.6 Å². The molecule has 0 saturated carbocycles. The summed E-state index contributed by atoms with van der Waals surface area (Å²) in [5.74, 6) is -0.412. The molecule has 1 aromatic carbocycles. The Balaban J connectivity index is 1.98. The first-order valence-electron chi connectivity index (χ1n) is 6.35. The van der Waals surface area contributed by atoms with Crippen molar-refractivity contribution in [3.05, 3.63) is 36.2 Å². The van der Waals surface area contributed by atoms with Crippen LogP contribution in [0.3, 0.4) is 0 Å². The number of hydrogen-bond acceptors (Lipinski definition) is 6. The fourth-order valence-electron chi connectivity index (χ4n) is 1.72. The zero-order chi connectivity index (χ0) is 14.4. The van der Waals surface area contributed by atoms with E-state index < -0.39 is 5.97 Å². The number of anilines is 2. The van der Waals surface area contributed by atoms with E-state index in [1.54, 1.807) is 36.1 Å². The molecule has 0 fully saturated rings. The number of carbonyl (C=O) groups is 1. The highest BCUT2D eigenvalue weighted by atomic mass is 16.5. The molecule has 1 heterocycles. The maximum Gasteiger partial charge on any atom is 0.340 e. The van der Waals surface area contributed by atoms with Crippen molar-refractivity contribution in [3.8, 4) is 0 Å². The van der Waals surface area contributed by atoms with E-state index in [0.717, 1.165) is 5.69 Å². The van der Waals surface area contributed by atoms with E-state index in [9.17, 15) is 4.79 Å². The summed E-state index contributed by atoms with van der Waals surface area (Å²) < 4.78 is 6.68. The Hall–Kier alpha value is -2.57. The van der Waals surface area contributed by atoms with E-state index in [-0.39, 0.29) is 0 Å². The van der Waals surface area contributed by atoms with Gasteiger partial charge in [0.25, 0.3) is 0 Å². The molecule has 7 heteroatoms. The third-order valence-corrected chi connectivity index (χ3v) is 2.69. The van der Waals surface area contributed by atoms with Gasteiger partial charge in [0.1, 0.15) is 0 Å². The lowest BCUT2D eigenvalue weighted by Gasteiger charge is -2.10. The first-order valence-corrected chi connectivity index (χ1v) is 6.35. The Labute approximate surface area is 116 Å². The van der Waals surface area contributed by atoms with Crippen LogP contribution in [0.25, 0.3) is 0 Å². The summed E-state index contributed by atoms with van der Waals surface area (Å²) in [7, 11) is 0. The number of carbonyl (C=O) groups excluding carboxylic acids is 1. The van der Waals surface area contributed by atoms with Crippen molar-refractivity contribution in [1.29, 1.82) is 0 Å². The number of nitrogens with two attached hydrogens (primary N) is 1. The van der Waals surface area contributed by atoms with Crippen molar-refractivity contribution in [1.82, 2.24) is 15.0 Å². The zero-order valence-corrected chi connectivity index (χ0v) is 11.2. The van der Waals surface area contributed by atoms with Gasteiger partial charge in [-0.15, -0.1) is 5.10 Å². The van der Waals surface area contributed by atoms with E-state index in [4.69, 9.17) is 10.5 Å². The summed E-state index contributed by atoms with van der Waals surface area (Å²) in [5.41, 5.74) is 7.36. The molecule has 0 aliphatic heterocycles. The Morgan fingerprint density at radius 1 is 1.50 bits per heavy atom. The molecule has 2 rings (SSSR count). The van der Waals surface area contributed by atoms with E-state index in [1.165, 1.54) is 0 Å². The molecule has 0 aliphatic carbocycles. The molecule has 0 bridgehead atoms. The maximum atomic E-state index is 11.7. The van der Waals surface area contributed by atoms with Gasteiger partial charge in [-0.1, -0.05) is 5.21 Å². The number of esters is 1. The molecule has 0 atom stereocenters. The van der Waals surface area contributed by atoms with Crippen LogP contribution in [0, 0.1) is 0 Å². The van der Waals surface area contributed by atoms with Gasteiger partial charge >= 0.3 is 5.97 Å². The average molecular weight is 275 g/mol. The zero-order valence-electron chi connectivity index (χ0n) is 11.2. The highest BCUT2D eigenvalue weighted by Gasteiger charge is 2.11. The van der Waals surface area contributed by atoms with Crippen molar-refractivity contribution < 1.29 is 9.53 Å². The highest BCUT2D eigenvalue weighted by Crippen LogP contribution is 2.18. The molecule has 0 spiro atoms. The highest BCUT2D eigenvalue weighted by molar-refractivity contribution is 5.96. The number of hydrogen-bond donors (Lipinski definition) is 2. The monoisotopic (exact) mass is 275 g/mol. The van der Waals surface area contributed by atoms with Gasteiger partial charge in [0.2, 0.25) is 0 Å². The lowest BCUT2D eigenvalue weighted by atomic mass is 10.1. The van der Waals surface area contributed by atoms with Crippen molar-refractivity contribution in [2.24, 2.45) is 0 Å². The first-order chi connectivity index (χ1) is 9.70. The third-order valence-electron chi connectivity index (χ3n) is 2.69. The van der Waals surface area contributed by atoms with Crippen molar-refractivity contribution in [2.45, 2.75) is 13.5 Å². The lowest BCUT2D eigenvalue weighted by Crippen LogP contribution is -2.12. The molecule has 2 aromatic rings. The SMILES string of the molecule is CCOC(=O)c1cc(NCCn2ccnn2)ccc1N. The van der Waals surface area contributed by atoms with Crippen LogP contribution in [0.5, 0.6) is 0 Å². The van der Waals surface area contributed by atoms with Gasteiger partial charge < -0.3 is 15.8 Å². The second-order valence-electron chi connectivity index (χ2n) is 4.12. The molecular weight excluding hydrogens is 258 g/mol. The summed E-state index contributed by atoms with van der Waals surface area (Å²) in [6.07, 6.45) is 3.41. The molecule has 0 amide bonds. The first kappa shape index (κ1) is 13.9. The van der Waals surface area contributed by atoms with Gasteiger partial charge in [-0.3, -0.25) is 4.68 Å². The topological polar surface area (TPSA) is 95.1 Å². The molecule has 0 radical (unpaired) electrons. The van der Waals surface area contributed by atoms with Crippen LogP contribution in [0.15, 0.2) is 30.6 Å². The Morgan fingerprint density at radius 2 is 2.35 bits per heavy atom. The van der Waals surface area contributed by atoms with Gasteiger partial charge in [0, 0.05) is 24.1 Å². The van der Waals surface area contributed by atoms with Crippen molar-refractivity contribution >= 4 is 17.3 Å². The van der Waals surface area contributed by atoms with E-state index in [1.807, 2.05) is 6.07 Å². The molecule has 0 saturated heterocycles. The minimum absolute atomic E-state index is 0.322. The molecule has 0 aliphatic rings. The quantitative estimate of drug-likeness (QED) is 0.606. The number of aromatic nitrogens is 3. The smallest absolute Gasteiger partial charge is 0.340 e. The van der Waals surface area contributed by atoms with Gasteiger partial charge in [0.15, 0.2) is 0 Å². The summed E-state index contributed by atoms with van der Waals surface area (Å²) >= 11 is 0. The standard InChI is InChI=1S/C13H17N5O2/c1-2-20-13(19)11-9-10(3-4-12(11)14)15-5-7-18-8-6-16-17-18/h3-4,6,8-9,15H,2,5,7,14H2,1H3. The van der Waals surface area contributed by atoms with Crippen LogP contribution in [-0.4, -0.2) is 34.1 Å². The summed E-state index contributed by atoms with van der Waals surface area (Å²) in [6.45, 7) is 3.42. The predicted molar refractivity (Wildman–Crippen MR) is 75.3 cm³/mol. The Bertz CT molecular complexity index is 568. The Morgan fingerprint density at radius 3 is 3.05 bits per heavy atom. The van der Waals surface area contributed by atoms with Gasteiger partial charge in [-0.25, -0.2) is 4.79 Å². The van der Waals surface area contributed by atoms with Gasteiger partial charge in [0.05, 0.1) is 24.9 Å². The van der Waals surface area contributed by atoms with Crippen LogP contribution < -0.4 is 11.1 Å². The average Bonchev–Trinajstić information content (AvgIpc) is 2.94. The Kier molecular flexibility index (Phi) is 4.54. The van der Waals surface area contributed by atoms with Crippen molar-refractivity contribution in [2.75, 3.05) is 24.2 Å². The van der Waals surface area contributed by atoms with E-state index in [0.29, 0.717) is 30.9 Å². The largest absolute Gasteiger partial charge is 0.462 e. The van der Waals surface area contributed by atoms with Crippen LogP contribution in [-0.2, 0) is 11.3 Å². The van der Waals surface area contributed by atoms with Crippen LogP contribution in [0.4, 0.5) is 11.4 Å². The lowest BCUT2D eigenvalue weighted by molar-refractivity contribution is 0.0527. The number of ether oxygens (including phenoxy) is 1. The predicted octanol–water partition coefficient (Wildman–Crippen LogP) is 1.15. The summed E-state index contributed by atoms with van der Waals surface area (Å²) in [5, 5.41) is 10.8. The molecule has 20 heavy (non-hydrogen) atoms. The number of rotatable bonds is 6. The van der Waals surface area contributed by atoms with Crippen LogP contribution >= 0.6 is 0 Å². The van der Waals surface area contributed by atoms with Gasteiger partial charge in [-0.05, 0) is 25.1 Å². The molecule has 1 aromatic heterocycles. The van der Waals surface area contributed by atoms with Crippen molar-refractivity contribution in [3.63, 3.8) is 0 Å². The minimum Gasteiger partial charge on any atom is -0.462 e. The second-order valence-corrected chi connectivity index (χ2v) is 4.12. The molecule has 7 nitrogen and oxygen atoms in total. The van der Waals surface area contributed by atoms with E-state index >= 15 is 0 Å². The van der Waals surface area contributed by atoms with Gasteiger partial charge in [-0.2, -0.15) is 0 Å². The molecule has 3 N–H and O–H groups in total. The number of nitrogens with zero attached hydrogens (tertiary/aromatic N) is 3. The summed E-state index contributed by atoms with van der Waals surface area (Å²) in [6, 6.07) is 5.19. The molecular formula is C13H17N5O2. The molecule has 106 valence electrons. The number of benzene rings is 1. The normalized spacial score (nSPS) is 10.2.